The molecule has 0 atom stereocenters. The zero-order chi connectivity index (χ0) is 15.0. The van der Waals surface area contributed by atoms with E-state index in [1.165, 1.54) is 0 Å². The Labute approximate surface area is 122 Å². The maximum Gasteiger partial charge on any atom is 0.264 e. The Bertz CT molecular complexity index is 651. The molecule has 3 rings (SSSR count). The first kappa shape index (κ1) is 14.0. The zero-order valence-corrected chi connectivity index (χ0v) is 12.1. The molecule has 0 radical (unpaired) electrons. The fourth-order valence-corrected chi connectivity index (χ4v) is 2.87. The summed E-state index contributed by atoms with van der Waals surface area (Å²) in [7, 11) is 3.64. The number of hydrogen-bond acceptors (Lipinski definition) is 3. The Morgan fingerprint density at radius 1 is 1.38 bits per heavy atom. The topological polar surface area (TPSA) is 33.1 Å². The number of nitrogens with one attached hydrogen (secondary N) is 1. The van der Waals surface area contributed by atoms with Crippen LogP contribution in [0.1, 0.15) is 17.6 Å². The molecule has 0 saturated heterocycles. The molecule has 0 unspecified atom stereocenters. The van der Waals surface area contributed by atoms with Crippen LogP contribution in [-0.2, 0) is 13.5 Å². The molecule has 1 aromatic heterocycles. The van der Waals surface area contributed by atoms with E-state index < -0.39 is 6.43 Å². The molecule has 1 N–H and O–H groups in total. The molecule has 112 valence electrons. The van der Waals surface area contributed by atoms with Crippen LogP contribution in [0.4, 0.5) is 14.5 Å². The second-order valence-corrected chi connectivity index (χ2v) is 5.30. The molecule has 2 aromatic rings. The van der Waals surface area contributed by atoms with Crippen molar-refractivity contribution in [3.63, 3.8) is 0 Å². The fourth-order valence-electron chi connectivity index (χ4n) is 2.87. The largest absolute Gasteiger partial charge is 0.358 e. The van der Waals surface area contributed by atoms with Crippen LogP contribution in [0, 0.1) is 0 Å². The molecule has 0 spiro atoms. The predicted molar refractivity (Wildman–Crippen MR) is 78.6 cm³/mol. The Morgan fingerprint density at radius 3 is 2.81 bits per heavy atom. The third-order valence-corrected chi connectivity index (χ3v) is 3.84. The minimum absolute atomic E-state index is 0.0738. The van der Waals surface area contributed by atoms with Crippen LogP contribution in [0.5, 0.6) is 0 Å². The van der Waals surface area contributed by atoms with E-state index in [1.54, 1.807) is 30.2 Å². The molecular weight excluding hydrogens is 274 g/mol. The summed E-state index contributed by atoms with van der Waals surface area (Å²) in [5.74, 6) is 0. The van der Waals surface area contributed by atoms with Gasteiger partial charge in [-0.15, -0.1) is 0 Å². The Balaban J connectivity index is 2.09. The van der Waals surface area contributed by atoms with Gasteiger partial charge in [-0.25, -0.2) is 8.78 Å². The van der Waals surface area contributed by atoms with E-state index in [0.29, 0.717) is 12.2 Å². The lowest BCUT2D eigenvalue weighted by Gasteiger charge is -2.20. The van der Waals surface area contributed by atoms with Gasteiger partial charge in [-0.2, -0.15) is 5.10 Å². The van der Waals surface area contributed by atoms with Crippen molar-refractivity contribution >= 4 is 5.69 Å². The number of alkyl halides is 2. The van der Waals surface area contributed by atoms with E-state index in [0.717, 1.165) is 29.8 Å². The summed E-state index contributed by atoms with van der Waals surface area (Å²) < 4.78 is 28.5. The van der Waals surface area contributed by atoms with Gasteiger partial charge >= 0.3 is 0 Å². The van der Waals surface area contributed by atoms with E-state index >= 15 is 0 Å². The predicted octanol–water partition coefficient (Wildman–Crippen LogP) is 2.56. The van der Waals surface area contributed by atoms with Gasteiger partial charge in [0.1, 0.15) is 0 Å². The van der Waals surface area contributed by atoms with Gasteiger partial charge in [-0.05, 0) is 36.7 Å². The molecule has 0 amide bonds. The Morgan fingerprint density at radius 2 is 2.19 bits per heavy atom. The van der Waals surface area contributed by atoms with Gasteiger partial charge < -0.3 is 10.2 Å². The molecule has 6 heteroatoms. The first-order valence-corrected chi connectivity index (χ1v) is 6.93. The van der Waals surface area contributed by atoms with Crippen LogP contribution in [0.25, 0.3) is 11.1 Å². The zero-order valence-electron chi connectivity index (χ0n) is 12.1. The van der Waals surface area contributed by atoms with Crippen LogP contribution in [0.2, 0.25) is 0 Å². The molecular formula is C15H18F2N4. The number of halogens is 2. The normalized spacial score (nSPS) is 14.0. The van der Waals surface area contributed by atoms with Crippen molar-refractivity contribution in [3.05, 3.63) is 35.7 Å². The van der Waals surface area contributed by atoms with Crippen molar-refractivity contribution in [1.29, 1.82) is 0 Å². The van der Waals surface area contributed by atoms with E-state index in [9.17, 15) is 8.78 Å². The monoisotopic (exact) mass is 292 g/mol. The second-order valence-electron chi connectivity index (χ2n) is 5.30. The van der Waals surface area contributed by atoms with E-state index in [2.05, 4.69) is 15.3 Å². The summed E-state index contributed by atoms with van der Waals surface area (Å²) in [4.78, 5) is 2.09. The number of aryl methyl sites for hydroxylation is 1. The maximum atomic E-state index is 13.4. The molecule has 2 heterocycles. The first-order valence-electron chi connectivity index (χ1n) is 6.93. The highest BCUT2D eigenvalue weighted by Gasteiger charge is 2.24. The van der Waals surface area contributed by atoms with E-state index in [4.69, 9.17) is 0 Å². The summed E-state index contributed by atoms with van der Waals surface area (Å²) >= 11 is 0. The lowest BCUT2D eigenvalue weighted by atomic mass is 9.98. The number of aromatic nitrogens is 2. The van der Waals surface area contributed by atoms with E-state index in [1.807, 2.05) is 13.1 Å². The molecule has 0 aliphatic carbocycles. The second kappa shape index (κ2) is 5.44. The minimum atomic E-state index is -2.50. The van der Waals surface area contributed by atoms with Gasteiger partial charge in [0, 0.05) is 36.6 Å². The van der Waals surface area contributed by atoms with Crippen LogP contribution < -0.4 is 10.2 Å². The smallest absolute Gasteiger partial charge is 0.264 e. The number of benzene rings is 1. The van der Waals surface area contributed by atoms with Crippen molar-refractivity contribution in [3.8, 4) is 11.1 Å². The Kier molecular flexibility index (Phi) is 3.63. The number of rotatable bonds is 4. The molecule has 4 nitrogen and oxygen atoms in total. The van der Waals surface area contributed by atoms with Crippen LogP contribution in [0.3, 0.4) is 0 Å². The highest BCUT2D eigenvalue weighted by atomic mass is 19.3. The maximum absolute atomic E-state index is 13.4. The third-order valence-electron chi connectivity index (χ3n) is 3.84. The first-order chi connectivity index (χ1) is 10.1. The van der Waals surface area contributed by atoms with Gasteiger partial charge in [0.05, 0.1) is 12.9 Å². The van der Waals surface area contributed by atoms with Crippen molar-refractivity contribution in [2.24, 2.45) is 7.05 Å². The molecule has 1 aliphatic rings. The SMILES string of the molecule is CNCN1CCc2cc(-c3cnn(C)c3)c(C(F)F)cc21. The minimum Gasteiger partial charge on any atom is -0.358 e. The third kappa shape index (κ3) is 2.51. The van der Waals surface area contributed by atoms with Gasteiger partial charge in [0.2, 0.25) is 0 Å². The summed E-state index contributed by atoms with van der Waals surface area (Å²) in [6.45, 7) is 1.53. The highest BCUT2D eigenvalue weighted by molar-refractivity contribution is 5.74. The molecule has 1 aliphatic heterocycles. The molecule has 0 fully saturated rings. The molecule has 0 bridgehead atoms. The van der Waals surface area contributed by atoms with Crippen molar-refractivity contribution in [2.75, 3.05) is 25.2 Å². The van der Waals surface area contributed by atoms with Gasteiger partial charge in [0.25, 0.3) is 6.43 Å². The van der Waals surface area contributed by atoms with Crippen molar-refractivity contribution in [1.82, 2.24) is 15.1 Å². The van der Waals surface area contributed by atoms with Crippen molar-refractivity contribution in [2.45, 2.75) is 12.8 Å². The van der Waals surface area contributed by atoms with Crippen molar-refractivity contribution < 1.29 is 8.78 Å². The number of nitrogens with zero attached hydrogens (tertiary/aromatic N) is 3. The molecule has 21 heavy (non-hydrogen) atoms. The standard InChI is InChI=1S/C15H18F2N4/c1-18-9-21-4-3-10-5-12(11-7-19-20(2)8-11)13(15(16)17)6-14(10)21/h5-8,15,18H,3-4,9H2,1-2H3. The highest BCUT2D eigenvalue weighted by Crippen LogP contribution is 2.38. The van der Waals surface area contributed by atoms with Gasteiger partial charge in [-0.1, -0.05) is 0 Å². The summed E-state index contributed by atoms with van der Waals surface area (Å²) in [6.07, 6.45) is 1.79. The number of fused-ring (bicyclic) bond motifs is 1. The van der Waals surface area contributed by atoms with E-state index in [-0.39, 0.29) is 5.56 Å². The average molecular weight is 292 g/mol. The molecule has 1 aromatic carbocycles. The quantitative estimate of drug-likeness (QED) is 0.940. The van der Waals surface area contributed by atoms with Crippen LogP contribution >= 0.6 is 0 Å². The van der Waals surface area contributed by atoms with Gasteiger partial charge in [0.15, 0.2) is 0 Å². The lowest BCUT2D eigenvalue weighted by Crippen LogP contribution is -2.30. The Hall–Kier alpha value is -1.95. The summed E-state index contributed by atoms with van der Waals surface area (Å²) in [5.41, 5.74) is 3.43. The van der Waals surface area contributed by atoms with Crippen LogP contribution in [0.15, 0.2) is 24.5 Å². The number of anilines is 1. The molecule has 0 saturated carbocycles. The average Bonchev–Trinajstić information content (AvgIpc) is 3.04. The van der Waals surface area contributed by atoms with Crippen LogP contribution in [-0.4, -0.2) is 30.0 Å². The summed E-state index contributed by atoms with van der Waals surface area (Å²) in [6, 6.07) is 3.52. The lowest BCUT2D eigenvalue weighted by molar-refractivity contribution is 0.152. The number of hydrogen-bond donors (Lipinski definition) is 1. The van der Waals surface area contributed by atoms with Gasteiger partial charge in [-0.3, -0.25) is 4.68 Å². The summed E-state index contributed by atoms with van der Waals surface area (Å²) in [5, 5.41) is 7.16. The fraction of sp³-hybridized carbons (Fsp3) is 0.400.